The normalized spacial score (nSPS) is 22.2. The molecule has 2 atom stereocenters. The molecule has 0 radical (unpaired) electrons. The standard InChI is InChI=1S/C29H36FN5O4/c1-18-25(19(2)33-17-32-18)27(37)35-15-21-13-34(14-22(21)16-35)10-5-11-39-28(38)29(8-3-4-9-29)23-7-6-20(26(31)36)12-24(23)30/h6-7,12,17,21-22H,3-5,8-11,13-16H2,1-2H3,(H2,31,36). The highest BCUT2D eigenvalue weighted by molar-refractivity contribution is 5.96. The number of hydrogen-bond donors (Lipinski definition) is 1. The Morgan fingerprint density at radius 1 is 1.05 bits per heavy atom. The van der Waals surface area contributed by atoms with E-state index in [1.165, 1.54) is 18.5 Å². The molecule has 2 N–H and O–H groups in total. The van der Waals surface area contributed by atoms with Gasteiger partial charge in [0.15, 0.2) is 0 Å². The van der Waals surface area contributed by atoms with Gasteiger partial charge in [-0.05, 0) is 57.1 Å². The molecule has 5 rings (SSSR count). The number of ether oxygens (including phenoxy) is 1. The van der Waals surface area contributed by atoms with E-state index in [1.54, 1.807) is 0 Å². The van der Waals surface area contributed by atoms with Crippen molar-refractivity contribution in [2.24, 2.45) is 17.6 Å². The summed E-state index contributed by atoms with van der Waals surface area (Å²) in [7, 11) is 0. The Hall–Kier alpha value is -3.40. The lowest BCUT2D eigenvalue weighted by Crippen LogP contribution is -2.36. The van der Waals surface area contributed by atoms with Crippen molar-refractivity contribution in [3.05, 3.63) is 58.4 Å². The quantitative estimate of drug-likeness (QED) is 0.406. The van der Waals surface area contributed by atoms with Crippen LogP contribution in [0.4, 0.5) is 4.39 Å². The molecule has 39 heavy (non-hydrogen) atoms. The molecule has 1 saturated carbocycles. The summed E-state index contributed by atoms with van der Waals surface area (Å²) in [4.78, 5) is 50.4. The second-order valence-electron chi connectivity index (χ2n) is 11.2. The third kappa shape index (κ3) is 5.26. The first-order valence-corrected chi connectivity index (χ1v) is 13.8. The van der Waals surface area contributed by atoms with E-state index in [1.807, 2.05) is 18.7 Å². The summed E-state index contributed by atoms with van der Waals surface area (Å²) in [6.45, 7) is 8.03. The van der Waals surface area contributed by atoms with Crippen molar-refractivity contribution < 1.29 is 23.5 Å². The summed E-state index contributed by atoms with van der Waals surface area (Å²) in [6.07, 6.45) is 4.86. The van der Waals surface area contributed by atoms with E-state index < -0.39 is 23.1 Å². The first-order valence-electron chi connectivity index (χ1n) is 13.8. The number of amides is 2. The molecule has 3 fully saturated rings. The number of rotatable bonds is 8. The first kappa shape index (κ1) is 27.2. The number of nitrogens with two attached hydrogens (primary N) is 1. The molecule has 0 spiro atoms. The monoisotopic (exact) mass is 537 g/mol. The molecular formula is C29H36FN5O4. The molecule has 2 amide bonds. The van der Waals surface area contributed by atoms with Crippen LogP contribution in [0.3, 0.4) is 0 Å². The predicted octanol–water partition coefficient (Wildman–Crippen LogP) is 2.78. The summed E-state index contributed by atoms with van der Waals surface area (Å²) in [5, 5.41) is 0. The predicted molar refractivity (Wildman–Crippen MR) is 141 cm³/mol. The van der Waals surface area contributed by atoms with Gasteiger partial charge in [-0.2, -0.15) is 0 Å². The van der Waals surface area contributed by atoms with Crippen molar-refractivity contribution in [2.45, 2.75) is 51.4 Å². The molecule has 3 aliphatic rings. The van der Waals surface area contributed by atoms with Gasteiger partial charge in [-0.15, -0.1) is 0 Å². The number of carbonyl (C=O) groups is 3. The van der Waals surface area contributed by atoms with E-state index in [0.29, 0.717) is 48.0 Å². The van der Waals surface area contributed by atoms with Crippen molar-refractivity contribution in [3.8, 4) is 0 Å². The van der Waals surface area contributed by atoms with Gasteiger partial charge in [0.05, 0.1) is 29.0 Å². The van der Waals surface area contributed by atoms with Crippen molar-refractivity contribution in [1.29, 1.82) is 0 Å². The van der Waals surface area contributed by atoms with Gasteiger partial charge >= 0.3 is 5.97 Å². The Balaban J connectivity index is 1.11. The maximum atomic E-state index is 14.9. The van der Waals surface area contributed by atoms with Gasteiger partial charge in [-0.3, -0.25) is 14.4 Å². The van der Waals surface area contributed by atoms with Gasteiger partial charge in [-0.25, -0.2) is 14.4 Å². The topological polar surface area (TPSA) is 119 Å². The Kier molecular flexibility index (Phi) is 7.66. The third-order valence-corrected chi connectivity index (χ3v) is 8.76. The number of carbonyl (C=O) groups excluding carboxylic acids is 3. The zero-order valence-electron chi connectivity index (χ0n) is 22.6. The number of primary amides is 1. The number of fused-ring (bicyclic) bond motifs is 1. The van der Waals surface area contributed by atoms with E-state index in [0.717, 1.165) is 51.6 Å². The lowest BCUT2D eigenvalue weighted by atomic mass is 9.78. The highest BCUT2D eigenvalue weighted by Crippen LogP contribution is 2.43. The summed E-state index contributed by atoms with van der Waals surface area (Å²) in [6, 6.07) is 4.09. The lowest BCUT2D eigenvalue weighted by Gasteiger charge is -2.28. The average molecular weight is 538 g/mol. The molecule has 2 saturated heterocycles. The lowest BCUT2D eigenvalue weighted by molar-refractivity contribution is -0.150. The van der Waals surface area contributed by atoms with Crippen LogP contribution in [0.25, 0.3) is 0 Å². The maximum absolute atomic E-state index is 14.9. The van der Waals surface area contributed by atoms with Crippen LogP contribution in [0, 0.1) is 31.5 Å². The Morgan fingerprint density at radius 3 is 2.28 bits per heavy atom. The zero-order chi connectivity index (χ0) is 27.7. The number of aromatic nitrogens is 2. The molecule has 1 aromatic carbocycles. The van der Waals surface area contributed by atoms with Crippen molar-refractivity contribution in [2.75, 3.05) is 39.3 Å². The SMILES string of the molecule is Cc1ncnc(C)c1C(=O)N1CC2CN(CCCOC(=O)C3(c4ccc(C(N)=O)cc4F)CCCC3)CC2C1. The van der Waals surface area contributed by atoms with E-state index in [9.17, 15) is 18.8 Å². The Bertz CT molecular complexity index is 1240. The first-order chi connectivity index (χ1) is 18.7. The van der Waals surface area contributed by atoms with E-state index >= 15 is 0 Å². The van der Waals surface area contributed by atoms with Crippen LogP contribution in [0.5, 0.6) is 0 Å². The zero-order valence-corrected chi connectivity index (χ0v) is 22.6. The molecule has 2 aliphatic heterocycles. The van der Waals surface area contributed by atoms with Crippen LogP contribution in [0.2, 0.25) is 0 Å². The number of aryl methyl sites for hydroxylation is 2. The van der Waals surface area contributed by atoms with Crippen LogP contribution in [-0.4, -0.2) is 76.9 Å². The van der Waals surface area contributed by atoms with Crippen molar-refractivity contribution in [3.63, 3.8) is 0 Å². The molecule has 0 bridgehead atoms. The number of esters is 1. The summed E-state index contributed by atoms with van der Waals surface area (Å²) in [5.74, 6) is -0.824. The van der Waals surface area contributed by atoms with Gasteiger partial charge in [0.2, 0.25) is 5.91 Å². The smallest absolute Gasteiger partial charge is 0.316 e. The number of benzene rings is 1. The molecule has 1 aliphatic carbocycles. The molecule has 1 aromatic heterocycles. The van der Waals surface area contributed by atoms with Gasteiger partial charge in [0, 0.05) is 43.9 Å². The number of nitrogens with zero attached hydrogens (tertiary/aromatic N) is 4. The molecular weight excluding hydrogens is 501 g/mol. The molecule has 10 heteroatoms. The van der Waals surface area contributed by atoms with Crippen LogP contribution in [0.1, 0.15) is 69.8 Å². The molecule has 208 valence electrons. The fourth-order valence-electron chi connectivity index (χ4n) is 6.71. The Labute approximate surface area is 227 Å². The molecule has 2 unspecified atom stereocenters. The van der Waals surface area contributed by atoms with E-state index in [2.05, 4.69) is 14.9 Å². The largest absolute Gasteiger partial charge is 0.465 e. The number of halogens is 1. The summed E-state index contributed by atoms with van der Waals surface area (Å²) in [5.41, 5.74) is 6.67. The number of likely N-dealkylation sites (tertiary alicyclic amines) is 2. The summed E-state index contributed by atoms with van der Waals surface area (Å²) < 4.78 is 20.6. The fraction of sp³-hybridized carbons (Fsp3) is 0.552. The average Bonchev–Trinajstić information content (AvgIpc) is 3.62. The molecule has 2 aromatic rings. The van der Waals surface area contributed by atoms with Crippen LogP contribution in [0.15, 0.2) is 24.5 Å². The minimum Gasteiger partial charge on any atom is -0.465 e. The highest BCUT2D eigenvalue weighted by Gasteiger charge is 2.46. The van der Waals surface area contributed by atoms with Crippen LogP contribution < -0.4 is 5.73 Å². The fourth-order valence-corrected chi connectivity index (χ4v) is 6.71. The van der Waals surface area contributed by atoms with Crippen molar-refractivity contribution >= 4 is 17.8 Å². The Morgan fingerprint density at radius 2 is 1.69 bits per heavy atom. The molecule has 3 heterocycles. The van der Waals surface area contributed by atoms with Crippen molar-refractivity contribution in [1.82, 2.24) is 19.8 Å². The van der Waals surface area contributed by atoms with Gasteiger partial charge in [0.25, 0.3) is 5.91 Å². The second kappa shape index (κ2) is 11.0. The summed E-state index contributed by atoms with van der Waals surface area (Å²) >= 11 is 0. The van der Waals surface area contributed by atoms with Gasteiger partial charge < -0.3 is 20.3 Å². The third-order valence-electron chi connectivity index (χ3n) is 8.76. The maximum Gasteiger partial charge on any atom is 0.316 e. The number of hydrogen-bond acceptors (Lipinski definition) is 7. The van der Waals surface area contributed by atoms with E-state index in [-0.39, 0.29) is 23.6 Å². The highest BCUT2D eigenvalue weighted by atomic mass is 19.1. The molecule has 9 nitrogen and oxygen atoms in total. The van der Waals surface area contributed by atoms with E-state index in [4.69, 9.17) is 10.5 Å². The van der Waals surface area contributed by atoms with Gasteiger partial charge in [-0.1, -0.05) is 18.9 Å². The minimum atomic E-state index is -1.01. The van der Waals surface area contributed by atoms with Gasteiger partial charge in [0.1, 0.15) is 12.1 Å². The van der Waals surface area contributed by atoms with Crippen LogP contribution >= 0.6 is 0 Å². The minimum absolute atomic E-state index is 0.0139. The van der Waals surface area contributed by atoms with Crippen LogP contribution in [-0.2, 0) is 14.9 Å². The second-order valence-corrected chi connectivity index (χ2v) is 11.2.